The number of hydrogen-bond acceptors (Lipinski definition) is 7. The van der Waals surface area contributed by atoms with Gasteiger partial charge in [0.05, 0.1) is 13.2 Å². The number of nitrogens with zero attached hydrogens (tertiary/aromatic N) is 4. The van der Waals surface area contributed by atoms with Gasteiger partial charge in [-0.2, -0.15) is 0 Å². The molecule has 1 aliphatic heterocycles. The molecule has 118 valence electrons. The summed E-state index contributed by atoms with van der Waals surface area (Å²) in [6, 6.07) is 0. The van der Waals surface area contributed by atoms with E-state index in [0.717, 1.165) is 10.8 Å². The first-order chi connectivity index (χ1) is 10.4. The maximum atomic E-state index is 12.1. The van der Waals surface area contributed by atoms with Crippen molar-refractivity contribution in [1.29, 1.82) is 0 Å². The van der Waals surface area contributed by atoms with Gasteiger partial charge in [-0.3, -0.25) is 19.1 Å². The minimum absolute atomic E-state index is 0.155. The molecule has 1 aliphatic rings. The van der Waals surface area contributed by atoms with E-state index in [4.69, 9.17) is 10.3 Å². The van der Waals surface area contributed by atoms with Crippen LogP contribution in [0.4, 0.5) is 0 Å². The number of Topliss-reactive ketones (excluding diaryl/α,β-unsaturated/α-hetero) is 1. The molecule has 1 aromatic heterocycles. The second-order valence-electron chi connectivity index (χ2n) is 4.87. The van der Waals surface area contributed by atoms with Gasteiger partial charge in [0.15, 0.2) is 0 Å². The number of carbonyl (C=O) groups excluding carboxylic acids is 1. The lowest BCUT2D eigenvalue weighted by atomic mass is 9.97. The highest BCUT2D eigenvalue weighted by Crippen LogP contribution is 2.33. The molecule has 0 bridgehead atoms. The first-order valence-electron chi connectivity index (χ1n) is 6.19. The van der Waals surface area contributed by atoms with Crippen molar-refractivity contribution < 1.29 is 19.7 Å². The molecule has 1 aromatic rings. The van der Waals surface area contributed by atoms with Crippen molar-refractivity contribution in [3.8, 4) is 0 Å². The monoisotopic (exact) mass is 311 g/mol. The lowest BCUT2D eigenvalue weighted by Crippen LogP contribution is -2.47. The van der Waals surface area contributed by atoms with Crippen LogP contribution in [0.15, 0.2) is 20.9 Å². The zero-order valence-electron chi connectivity index (χ0n) is 11.5. The summed E-state index contributed by atoms with van der Waals surface area (Å²) >= 11 is 0. The minimum Gasteiger partial charge on any atom is -0.393 e. The van der Waals surface area contributed by atoms with Gasteiger partial charge >= 0.3 is 5.69 Å². The average Bonchev–Trinajstić information content (AvgIpc) is 2.74. The Bertz CT molecular complexity index is 763. The van der Waals surface area contributed by atoms with Crippen molar-refractivity contribution >= 4 is 5.78 Å². The van der Waals surface area contributed by atoms with Gasteiger partial charge in [-0.25, -0.2) is 4.79 Å². The zero-order chi connectivity index (χ0) is 16.5. The summed E-state index contributed by atoms with van der Waals surface area (Å²) in [5, 5.41) is 22.6. The van der Waals surface area contributed by atoms with Crippen LogP contribution in [0.5, 0.6) is 0 Å². The Kier molecular flexibility index (Phi) is 4.15. The summed E-state index contributed by atoms with van der Waals surface area (Å²) in [6.07, 6.45) is -2.22. The predicted octanol–water partition coefficient (Wildman–Crippen LogP) is -1.65. The van der Waals surface area contributed by atoms with Gasteiger partial charge in [0, 0.05) is 16.7 Å². The fourth-order valence-electron chi connectivity index (χ4n) is 2.14. The quantitative estimate of drug-likeness (QED) is 0.341. The summed E-state index contributed by atoms with van der Waals surface area (Å²) in [7, 11) is 0. The van der Waals surface area contributed by atoms with Crippen molar-refractivity contribution in [3.05, 3.63) is 43.0 Å². The first-order valence-corrected chi connectivity index (χ1v) is 6.19. The number of nitrogens with one attached hydrogen (secondary N) is 1. The molecule has 2 heterocycles. The van der Waals surface area contributed by atoms with E-state index in [1.165, 1.54) is 6.92 Å². The van der Waals surface area contributed by atoms with Crippen LogP contribution in [-0.4, -0.2) is 50.4 Å². The Morgan fingerprint density at radius 2 is 2.23 bits per heavy atom. The third kappa shape index (κ3) is 2.42. The lowest BCUT2D eigenvalue weighted by molar-refractivity contribution is -0.132. The second-order valence-corrected chi connectivity index (χ2v) is 4.87. The van der Waals surface area contributed by atoms with Crippen LogP contribution < -0.4 is 11.2 Å². The topological polar surface area (TPSA) is 170 Å². The smallest absolute Gasteiger partial charge is 0.330 e. The fraction of sp³-hybridized carbons (Fsp3) is 0.545. The number of azide groups is 1. The average molecular weight is 311 g/mol. The summed E-state index contributed by atoms with van der Waals surface area (Å²) in [6.45, 7) is 0.122. The van der Waals surface area contributed by atoms with E-state index in [0.29, 0.717) is 0 Å². The van der Waals surface area contributed by atoms with Gasteiger partial charge in [-0.1, -0.05) is 5.11 Å². The zero-order valence-corrected chi connectivity index (χ0v) is 11.5. The number of hydrogen-bond donors (Lipinski definition) is 3. The maximum absolute atomic E-state index is 12.1. The first kappa shape index (κ1) is 15.9. The standard InChI is InChI=1S/C11H13N5O6/c1-5-2-16(10(21)14-8(5)20)9-6(18)7(19)11(4-17,22-9)3-13-15-12/h2,7,9,17,19H,3-4H2,1H3,(H,14,20,21)/t7?,9-,11-/m1/s1. The highest BCUT2D eigenvalue weighted by molar-refractivity contribution is 5.89. The number of aliphatic hydroxyl groups is 2. The molecule has 0 saturated carbocycles. The van der Waals surface area contributed by atoms with Crippen LogP contribution in [0.2, 0.25) is 0 Å². The number of H-pyrrole nitrogens is 1. The second kappa shape index (κ2) is 5.73. The molecule has 0 spiro atoms. The number of ether oxygens (including phenoxy) is 1. The van der Waals surface area contributed by atoms with Crippen LogP contribution >= 0.6 is 0 Å². The Morgan fingerprint density at radius 1 is 1.55 bits per heavy atom. The van der Waals surface area contributed by atoms with Gasteiger partial charge in [-0.15, -0.1) is 0 Å². The number of carbonyl (C=O) groups is 1. The number of aromatic amines is 1. The van der Waals surface area contributed by atoms with Crippen molar-refractivity contribution in [2.24, 2.45) is 5.11 Å². The van der Waals surface area contributed by atoms with Crippen LogP contribution in [0.1, 0.15) is 11.8 Å². The molecule has 3 N–H and O–H groups in total. The molecule has 22 heavy (non-hydrogen) atoms. The maximum Gasteiger partial charge on any atom is 0.330 e. The van der Waals surface area contributed by atoms with Crippen molar-refractivity contribution in [2.75, 3.05) is 13.2 Å². The van der Waals surface area contributed by atoms with E-state index in [-0.39, 0.29) is 5.56 Å². The third-order valence-electron chi connectivity index (χ3n) is 3.43. The molecule has 0 amide bonds. The summed E-state index contributed by atoms with van der Waals surface area (Å²) in [4.78, 5) is 39.7. The normalized spacial score (nSPS) is 27.7. The van der Waals surface area contributed by atoms with E-state index >= 15 is 0 Å². The van der Waals surface area contributed by atoms with E-state index < -0.39 is 48.1 Å². The summed E-state index contributed by atoms with van der Waals surface area (Å²) in [5.74, 6) is -0.893. The molecule has 0 aromatic carbocycles. The Labute approximate surface area is 122 Å². The fourth-order valence-corrected chi connectivity index (χ4v) is 2.14. The van der Waals surface area contributed by atoms with Crippen LogP contribution in [0, 0.1) is 6.92 Å². The van der Waals surface area contributed by atoms with Crippen molar-refractivity contribution in [3.63, 3.8) is 0 Å². The molecule has 11 heteroatoms. The molecule has 1 unspecified atom stereocenters. The number of aryl methyl sites for hydroxylation is 1. The third-order valence-corrected chi connectivity index (χ3v) is 3.43. The SMILES string of the molecule is Cc1cn([C@@H]2O[C@@](CO)(CN=[N+]=[N-])C(O)C2=O)c(=O)[nH]c1=O. The lowest BCUT2D eigenvalue weighted by Gasteiger charge is -2.26. The molecular weight excluding hydrogens is 298 g/mol. The number of aliphatic hydroxyl groups excluding tert-OH is 2. The number of aromatic nitrogens is 2. The van der Waals surface area contributed by atoms with Gasteiger partial charge in [0.2, 0.25) is 12.0 Å². The minimum atomic E-state index is -1.84. The predicted molar refractivity (Wildman–Crippen MR) is 71.0 cm³/mol. The van der Waals surface area contributed by atoms with Crippen LogP contribution in [0.25, 0.3) is 10.4 Å². The Morgan fingerprint density at radius 3 is 2.82 bits per heavy atom. The largest absolute Gasteiger partial charge is 0.393 e. The molecule has 2 rings (SSSR count). The van der Waals surface area contributed by atoms with Crippen LogP contribution in [-0.2, 0) is 9.53 Å². The van der Waals surface area contributed by atoms with E-state index in [9.17, 15) is 24.6 Å². The van der Waals surface area contributed by atoms with E-state index in [2.05, 4.69) is 10.0 Å². The van der Waals surface area contributed by atoms with Gasteiger partial charge in [-0.05, 0) is 12.5 Å². The van der Waals surface area contributed by atoms with Crippen molar-refractivity contribution in [2.45, 2.75) is 24.9 Å². The van der Waals surface area contributed by atoms with E-state index in [1.54, 1.807) is 0 Å². The number of rotatable bonds is 4. The van der Waals surface area contributed by atoms with Crippen LogP contribution in [0.3, 0.4) is 0 Å². The van der Waals surface area contributed by atoms with Gasteiger partial charge in [0.25, 0.3) is 5.56 Å². The Balaban J connectivity index is 2.48. The number of ketones is 1. The van der Waals surface area contributed by atoms with Crippen molar-refractivity contribution in [1.82, 2.24) is 9.55 Å². The van der Waals surface area contributed by atoms with Gasteiger partial charge < -0.3 is 14.9 Å². The summed E-state index contributed by atoms with van der Waals surface area (Å²) < 4.78 is 6.11. The molecule has 1 saturated heterocycles. The molecule has 0 radical (unpaired) electrons. The highest BCUT2D eigenvalue weighted by atomic mass is 16.6. The molecule has 0 aliphatic carbocycles. The molecule has 11 nitrogen and oxygen atoms in total. The molecule has 1 fully saturated rings. The highest BCUT2D eigenvalue weighted by Gasteiger charge is 2.54. The van der Waals surface area contributed by atoms with Gasteiger partial charge in [0.1, 0.15) is 11.7 Å². The molecular formula is C11H13N5O6. The summed E-state index contributed by atoms with van der Waals surface area (Å²) in [5.41, 5.74) is 5.14. The van der Waals surface area contributed by atoms with E-state index in [1.807, 2.05) is 4.98 Å². The molecule has 3 atom stereocenters. The Hall–Kier alpha value is -2.46.